The van der Waals surface area contributed by atoms with Crippen molar-refractivity contribution in [1.29, 1.82) is 0 Å². The minimum absolute atomic E-state index is 0.0600. The van der Waals surface area contributed by atoms with E-state index in [1.807, 2.05) is 48.5 Å². The third-order valence-electron chi connectivity index (χ3n) is 16.3. The number of ether oxygens (including phenoxy) is 4. The van der Waals surface area contributed by atoms with Gasteiger partial charge in [0.25, 0.3) is 0 Å². The molecule has 9 aromatic rings. The standard InChI is InChI=1S/C33H32N4O3S2.C13H16N4O2S2.C12H14N4O3S2/c1-21(22-13-14-22)30-40-28(20-41-30)37-29-27(42-32(37)38)19-34-31(35-29)36-33(23-9-5-3-6-10-23,24-11-7-4-8-12-24)25-15-17-26(39-2)18-16-25;1-6(7-2-3-7)11-19-9(5-20-11)17-10-8(21-13(17)18)4-15-12(14)16-10;13-11-14-3-6-9(15-11)16(12(18)21-6)7-4-20-10(19-7)8(17)5-1-2-5/h3-12,15-19,21-22,28,30H,13-14,20H2,1-2H3,(H,34,35,36);4,6-7,9,11H,2-3,5H2,1H3,(H2,14,15,16);3,5,7-8,10,17H,1-2,4H2,(H2,13,14,15)/t21?,28-,30+;6-,9+,11-;7-,8+,10+/m101/s1. The average Bonchev–Trinajstić information content (AvgIpc) is 2.47. The molecule has 6 N–H and O–H groups in total. The molecule has 3 saturated heterocycles. The minimum atomic E-state index is -0.825. The lowest BCUT2D eigenvalue weighted by molar-refractivity contribution is -0.0440. The lowest BCUT2D eigenvalue weighted by Gasteiger charge is -2.37. The highest BCUT2D eigenvalue weighted by molar-refractivity contribution is 8.00. The van der Waals surface area contributed by atoms with E-state index in [0.717, 1.165) is 90.7 Å². The Balaban J connectivity index is 0.000000131. The highest BCUT2D eigenvalue weighted by Crippen LogP contribution is 2.49. The number of aliphatic hydroxyl groups is 1. The minimum Gasteiger partial charge on any atom is -0.497 e. The van der Waals surface area contributed by atoms with Gasteiger partial charge in [0.15, 0.2) is 16.9 Å². The summed E-state index contributed by atoms with van der Waals surface area (Å²) in [6.45, 7) is 4.51. The number of anilines is 3. The zero-order valence-electron chi connectivity index (χ0n) is 46.0. The van der Waals surface area contributed by atoms with Gasteiger partial charge in [-0.2, -0.15) is 15.0 Å². The maximum absolute atomic E-state index is 13.3. The molecule has 9 heterocycles. The molecule has 84 heavy (non-hydrogen) atoms. The Bertz CT molecular complexity index is 3820. The lowest BCUT2D eigenvalue weighted by atomic mass is 9.77. The number of nitrogens with two attached hydrogens (primary N) is 2. The first kappa shape index (κ1) is 57.2. The van der Waals surface area contributed by atoms with Gasteiger partial charge in [-0.15, -0.1) is 35.3 Å². The quantitative estimate of drug-likeness (QED) is 0.0696. The molecule has 9 atom stereocenters. The zero-order chi connectivity index (χ0) is 57.8. The summed E-state index contributed by atoms with van der Waals surface area (Å²) in [5.74, 6) is 6.52. The number of aromatic nitrogens is 9. The molecule has 1 unspecified atom stereocenters. The summed E-state index contributed by atoms with van der Waals surface area (Å²) in [6.07, 6.45) is 10.7. The van der Waals surface area contributed by atoms with E-state index in [9.17, 15) is 19.5 Å². The summed E-state index contributed by atoms with van der Waals surface area (Å²) < 4.78 is 31.0. The third kappa shape index (κ3) is 11.6. The second-order valence-corrected chi connectivity index (χ2v) is 28.2. The fourth-order valence-electron chi connectivity index (χ4n) is 11.2. The van der Waals surface area contributed by atoms with Gasteiger partial charge in [-0.1, -0.05) is 121 Å². The molecule has 6 aliphatic rings. The van der Waals surface area contributed by atoms with Crippen molar-refractivity contribution in [2.75, 3.05) is 41.2 Å². The second-order valence-electron chi connectivity index (χ2n) is 21.9. The van der Waals surface area contributed by atoms with Gasteiger partial charge in [-0.3, -0.25) is 28.1 Å². The number of nitrogens with zero attached hydrogens (tertiary/aromatic N) is 9. The normalized spacial score (nSPS) is 23.4. The van der Waals surface area contributed by atoms with Crippen LogP contribution in [0.2, 0.25) is 0 Å². The topological polar surface area (TPSA) is 265 Å². The monoisotopic (exact) mass is 1250 g/mol. The first-order chi connectivity index (χ1) is 40.8. The van der Waals surface area contributed by atoms with Crippen molar-refractivity contribution in [2.45, 2.75) is 99.0 Å². The molecule has 0 bridgehead atoms. The highest BCUT2D eigenvalue weighted by atomic mass is 32.2. The molecule has 6 fully saturated rings. The van der Waals surface area contributed by atoms with Crippen molar-refractivity contribution in [3.05, 3.63) is 149 Å². The Morgan fingerprint density at radius 2 is 0.952 bits per heavy atom. The number of hydrogen-bond acceptors (Lipinski definition) is 23. The molecule has 3 aromatic carbocycles. The van der Waals surface area contributed by atoms with E-state index < -0.39 is 17.9 Å². The third-order valence-corrected chi connectivity index (χ3v) is 22.8. The van der Waals surface area contributed by atoms with Gasteiger partial charge in [0.1, 0.15) is 46.3 Å². The molecule has 6 aromatic heterocycles. The molecule has 26 heteroatoms. The summed E-state index contributed by atoms with van der Waals surface area (Å²) in [5, 5.41) is 13.9. The van der Waals surface area contributed by atoms with Crippen LogP contribution >= 0.6 is 69.3 Å². The van der Waals surface area contributed by atoms with Gasteiger partial charge < -0.3 is 40.8 Å². The number of aliphatic hydroxyl groups excluding tert-OH is 1. The molecule has 3 aliphatic carbocycles. The molecule has 3 saturated carbocycles. The van der Waals surface area contributed by atoms with E-state index in [-0.39, 0.29) is 55.3 Å². The fourth-order valence-corrected chi connectivity index (χ4v) is 17.5. The van der Waals surface area contributed by atoms with E-state index >= 15 is 0 Å². The number of rotatable bonds is 15. The smallest absolute Gasteiger partial charge is 0.311 e. The summed E-state index contributed by atoms with van der Waals surface area (Å²) in [5.41, 5.74) is 15.2. The first-order valence-electron chi connectivity index (χ1n) is 28.0. The maximum atomic E-state index is 13.3. The van der Waals surface area contributed by atoms with Crippen LogP contribution in [0.5, 0.6) is 5.75 Å². The molecular weight excluding hydrogens is 1190 g/mol. The van der Waals surface area contributed by atoms with Crippen molar-refractivity contribution < 1.29 is 24.1 Å². The Kier molecular flexibility index (Phi) is 16.4. The van der Waals surface area contributed by atoms with Crippen LogP contribution in [0, 0.1) is 29.6 Å². The molecule has 15 rings (SSSR count). The van der Waals surface area contributed by atoms with Crippen molar-refractivity contribution in [3.8, 4) is 5.75 Å². The maximum Gasteiger partial charge on any atom is 0.311 e. The van der Waals surface area contributed by atoms with Crippen LogP contribution < -0.4 is 36.1 Å². The molecule has 3 aliphatic heterocycles. The predicted molar refractivity (Wildman–Crippen MR) is 335 cm³/mol. The van der Waals surface area contributed by atoms with E-state index in [4.69, 9.17) is 40.4 Å². The van der Waals surface area contributed by atoms with Crippen molar-refractivity contribution in [1.82, 2.24) is 43.6 Å². The van der Waals surface area contributed by atoms with Gasteiger partial charge in [0.05, 0.1) is 45.9 Å². The first-order valence-corrected chi connectivity index (χ1v) is 33.6. The Morgan fingerprint density at radius 1 is 0.560 bits per heavy atom. The highest BCUT2D eigenvalue weighted by Gasteiger charge is 2.44. The molecule has 0 amide bonds. The van der Waals surface area contributed by atoms with Crippen LogP contribution in [0.4, 0.5) is 17.8 Å². The van der Waals surface area contributed by atoms with Crippen LogP contribution in [-0.2, 0) is 19.7 Å². The zero-order valence-corrected chi connectivity index (χ0v) is 50.9. The average molecular weight is 1250 g/mol. The van der Waals surface area contributed by atoms with E-state index in [1.165, 1.54) is 41.6 Å². The number of thiazole rings is 3. The molecule has 20 nitrogen and oxygen atoms in total. The Labute approximate surface area is 507 Å². The van der Waals surface area contributed by atoms with Crippen LogP contribution in [0.1, 0.15) is 87.7 Å². The van der Waals surface area contributed by atoms with Gasteiger partial charge in [0, 0.05) is 17.3 Å². The SMILES string of the molecule is COc1ccc(C(Nc2ncc3sc(=O)n([C@H]4CS[C@@H](C(C)C5CC5)O4)c3n2)(c2ccccc2)c2ccccc2)cc1.C[C@@H](C1CC1)[C@H]1O[C@@H](n2c(=O)sc3cnc(N)nc32)CS1.Nc1ncc2sc(=O)n([C@H]3CS[C@@H]([C@@H](O)C4CC4)O3)c2n1. The van der Waals surface area contributed by atoms with Gasteiger partial charge in [-0.05, 0) is 96.9 Å². The number of benzene rings is 3. The van der Waals surface area contributed by atoms with Crippen LogP contribution in [0.25, 0.3) is 31.0 Å². The predicted octanol–water partition coefficient (Wildman–Crippen LogP) is 9.76. The van der Waals surface area contributed by atoms with Crippen molar-refractivity contribution in [3.63, 3.8) is 0 Å². The summed E-state index contributed by atoms with van der Waals surface area (Å²) in [7, 11) is 1.67. The van der Waals surface area contributed by atoms with Crippen LogP contribution in [0.3, 0.4) is 0 Å². The summed E-state index contributed by atoms with van der Waals surface area (Å²) >= 11 is 8.53. The number of methoxy groups -OCH3 is 1. The van der Waals surface area contributed by atoms with Crippen LogP contribution in [0.15, 0.2) is 118 Å². The molecular formula is C58H62N12O8S6. The van der Waals surface area contributed by atoms with Gasteiger partial charge >= 0.3 is 14.6 Å². The summed E-state index contributed by atoms with van der Waals surface area (Å²) in [6, 6.07) is 28.6. The number of fused-ring (bicyclic) bond motifs is 3. The number of thioether (sulfide) groups is 3. The van der Waals surface area contributed by atoms with Crippen molar-refractivity contribution >= 4 is 118 Å². The number of nitrogens with one attached hydrogen (secondary N) is 1. The van der Waals surface area contributed by atoms with Crippen LogP contribution in [-0.4, -0.2) is 95.5 Å². The molecule has 438 valence electrons. The van der Waals surface area contributed by atoms with E-state index in [0.29, 0.717) is 51.1 Å². The van der Waals surface area contributed by atoms with E-state index in [2.05, 4.69) is 75.5 Å². The van der Waals surface area contributed by atoms with Gasteiger partial charge in [0.2, 0.25) is 17.8 Å². The second kappa shape index (κ2) is 24.1. The Morgan fingerprint density at radius 3 is 1.38 bits per heavy atom. The summed E-state index contributed by atoms with van der Waals surface area (Å²) in [4.78, 5) is 63.3. The number of nitrogen functional groups attached to an aromatic ring is 2. The van der Waals surface area contributed by atoms with Gasteiger partial charge in [-0.25, -0.2) is 15.0 Å². The largest absolute Gasteiger partial charge is 0.497 e. The fraction of sp³-hybridized carbons (Fsp3) is 0.431. The lowest BCUT2D eigenvalue weighted by Crippen LogP contribution is -2.38. The molecule has 0 radical (unpaired) electrons. The number of hydrogen-bond donors (Lipinski definition) is 4. The molecule has 0 spiro atoms. The van der Waals surface area contributed by atoms with Crippen molar-refractivity contribution in [2.24, 2.45) is 29.6 Å². The Hall–Kier alpha value is -5.94. The van der Waals surface area contributed by atoms with E-state index in [1.54, 1.807) is 70.1 Å².